The quantitative estimate of drug-likeness (QED) is 0.356. The summed E-state index contributed by atoms with van der Waals surface area (Å²) in [7, 11) is 0. The van der Waals surface area contributed by atoms with Crippen molar-refractivity contribution in [3.63, 3.8) is 0 Å². The molecule has 88 valence electrons. The summed E-state index contributed by atoms with van der Waals surface area (Å²) in [6.45, 7) is 16.9. The first-order valence-electron chi connectivity index (χ1n) is 5.15. The van der Waals surface area contributed by atoms with E-state index in [1.54, 1.807) is 24.3 Å². The number of hydrogen-bond donors (Lipinski definition) is 0. The van der Waals surface area contributed by atoms with Crippen LogP contribution in [0.15, 0.2) is 55.6 Å². The largest absolute Gasteiger partial charge is 0.461 e. The second-order valence-corrected chi connectivity index (χ2v) is 2.99. The van der Waals surface area contributed by atoms with E-state index in [-0.39, 0.29) is 0 Å². The molecule has 0 radical (unpaired) electrons. The topological polar surface area (TPSA) is 24.8 Å². The SMILES string of the molecule is C=CCN=C(OCC=C)N(CC=C)CC=C. The Kier molecular flexibility index (Phi) is 8.69. The summed E-state index contributed by atoms with van der Waals surface area (Å²) < 4.78 is 5.48. The molecular formula is C13H20N2O. The predicted octanol–water partition coefficient (Wildman–Crippen LogP) is 2.41. The van der Waals surface area contributed by atoms with Crippen LogP contribution in [0, 0.1) is 0 Å². The first-order chi connectivity index (χ1) is 7.79. The molecule has 0 saturated heterocycles. The normalized spacial score (nSPS) is 10.4. The van der Waals surface area contributed by atoms with E-state index in [4.69, 9.17) is 4.74 Å². The average molecular weight is 220 g/mol. The Labute approximate surface area is 98.1 Å². The molecule has 0 unspecified atom stereocenters. The van der Waals surface area contributed by atoms with E-state index in [9.17, 15) is 0 Å². The molecule has 0 aliphatic carbocycles. The summed E-state index contributed by atoms with van der Waals surface area (Å²) in [6.07, 6.45) is 7.00. The van der Waals surface area contributed by atoms with Gasteiger partial charge < -0.3 is 9.64 Å². The first-order valence-corrected chi connectivity index (χ1v) is 5.15. The summed E-state index contributed by atoms with van der Waals surface area (Å²) in [6, 6.07) is 0.569. The van der Waals surface area contributed by atoms with Crippen molar-refractivity contribution in [1.29, 1.82) is 0 Å². The highest BCUT2D eigenvalue weighted by atomic mass is 16.5. The third kappa shape index (κ3) is 5.86. The van der Waals surface area contributed by atoms with Gasteiger partial charge in [0.15, 0.2) is 0 Å². The lowest BCUT2D eigenvalue weighted by atomic mass is 10.5. The average Bonchev–Trinajstić information content (AvgIpc) is 2.29. The summed E-state index contributed by atoms with van der Waals surface area (Å²) >= 11 is 0. The maximum atomic E-state index is 5.48. The van der Waals surface area contributed by atoms with Crippen LogP contribution in [0.5, 0.6) is 0 Å². The van der Waals surface area contributed by atoms with Gasteiger partial charge in [-0.15, -0.1) is 19.7 Å². The second-order valence-electron chi connectivity index (χ2n) is 2.99. The van der Waals surface area contributed by atoms with Gasteiger partial charge in [-0.3, -0.25) is 0 Å². The molecule has 0 aromatic rings. The third-order valence-corrected chi connectivity index (χ3v) is 1.66. The molecule has 3 heteroatoms. The van der Waals surface area contributed by atoms with E-state index in [2.05, 4.69) is 31.3 Å². The second kappa shape index (κ2) is 9.77. The number of nitrogens with zero attached hydrogens (tertiary/aromatic N) is 2. The van der Waals surface area contributed by atoms with Crippen molar-refractivity contribution in [2.24, 2.45) is 4.99 Å². The van der Waals surface area contributed by atoms with Gasteiger partial charge in [-0.25, -0.2) is 4.99 Å². The fraction of sp³-hybridized carbons (Fsp3) is 0.308. The van der Waals surface area contributed by atoms with Crippen LogP contribution in [-0.4, -0.2) is 37.2 Å². The van der Waals surface area contributed by atoms with Crippen molar-refractivity contribution in [3.8, 4) is 0 Å². The van der Waals surface area contributed by atoms with Crippen LogP contribution in [0.1, 0.15) is 0 Å². The molecule has 0 heterocycles. The summed E-state index contributed by atoms with van der Waals surface area (Å²) in [5, 5.41) is 0. The van der Waals surface area contributed by atoms with Gasteiger partial charge in [0.2, 0.25) is 0 Å². The van der Waals surface area contributed by atoms with Gasteiger partial charge in [0.05, 0.1) is 6.54 Å². The van der Waals surface area contributed by atoms with E-state index in [1.165, 1.54) is 0 Å². The molecule has 0 rings (SSSR count). The molecular weight excluding hydrogens is 200 g/mol. The molecule has 0 saturated carbocycles. The van der Waals surface area contributed by atoms with E-state index < -0.39 is 0 Å². The highest BCUT2D eigenvalue weighted by Gasteiger charge is 2.08. The first kappa shape index (κ1) is 14.2. The zero-order chi connectivity index (χ0) is 12.2. The number of rotatable bonds is 8. The van der Waals surface area contributed by atoms with Crippen LogP contribution in [0.4, 0.5) is 0 Å². The Morgan fingerprint density at radius 3 is 2.06 bits per heavy atom. The highest BCUT2D eigenvalue weighted by molar-refractivity contribution is 5.74. The number of aliphatic imine (C=N–C) groups is 1. The highest BCUT2D eigenvalue weighted by Crippen LogP contribution is 1.97. The summed E-state index contributed by atoms with van der Waals surface area (Å²) in [4.78, 5) is 6.21. The van der Waals surface area contributed by atoms with Crippen molar-refractivity contribution in [2.75, 3.05) is 26.2 Å². The molecule has 0 aliphatic rings. The molecule has 0 fully saturated rings. The molecule has 0 amide bonds. The van der Waals surface area contributed by atoms with E-state index in [0.717, 1.165) is 0 Å². The van der Waals surface area contributed by atoms with Crippen LogP contribution in [0.25, 0.3) is 0 Å². The van der Waals surface area contributed by atoms with Crippen LogP contribution in [-0.2, 0) is 4.74 Å². The van der Waals surface area contributed by atoms with Crippen LogP contribution in [0.3, 0.4) is 0 Å². The van der Waals surface area contributed by atoms with Crippen LogP contribution in [0.2, 0.25) is 0 Å². The molecule has 3 nitrogen and oxygen atoms in total. The van der Waals surface area contributed by atoms with Crippen molar-refractivity contribution in [3.05, 3.63) is 50.6 Å². The zero-order valence-corrected chi connectivity index (χ0v) is 9.77. The Morgan fingerprint density at radius 2 is 1.62 bits per heavy atom. The molecule has 0 aliphatic heterocycles. The molecule has 0 aromatic carbocycles. The lowest BCUT2D eigenvalue weighted by molar-refractivity contribution is 0.274. The van der Waals surface area contributed by atoms with Gasteiger partial charge >= 0.3 is 0 Å². The number of hydrogen-bond acceptors (Lipinski definition) is 2. The summed E-state index contributed by atoms with van der Waals surface area (Å²) in [5.41, 5.74) is 0. The molecule has 0 aromatic heterocycles. The van der Waals surface area contributed by atoms with E-state index >= 15 is 0 Å². The van der Waals surface area contributed by atoms with E-state index in [0.29, 0.717) is 32.3 Å². The lowest BCUT2D eigenvalue weighted by Gasteiger charge is -2.22. The fourth-order valence-corrected chi connectivity index (χ4v) is 1.06. The number of amidine groups is 1. The Hall–Kier alpha value is -1.77. The van der Waals surface area contributed by atoms with Crippen molar-refractivity contribution < 1.29 is 4.74 Å². The minimum absolute atomic E-state index is 0.431. The van der Waals surface area contributed by atoms with Gasteiger partial charge in [-0.1, -0.05) is 30.9 Å². The minimum Gasteiger partial charge on any atom is -0.461 e. The van der Waals surface area contributed by atoms with Crippen LogP contribution >= 0.6 is 0 Å². The van der Waals surface area contributed by atoms with Gasteiger partial charge in [-0.05, 0) is 0 Å². The summed E-state index contributed by atoms with van der Waals surface area (Å²) in [5.74, 6) is 0. The van der Waals surface area contributed by atoms with Crippen molar-refractivity contribution in [1.82, 2.24) is 4.90 Å². The molecule has 0 atom stereocenters. The maximum Gasteiger partial charge on any atom is 0.288 e. The predicted molar refractivity (Wildman–Crippen MR) is 70.6 cm³/mol. The van der Waals surface area contributed by atoms with Crippen LogP contribution < -0.4 is 0 Å². The van der Waals surface area contributed by atoms with Crippen molar-refractivity contribution >= 4 is 6.02 Å². The zero-order valence-electron chi connectivity index (χ0n) is 9.77. The minimum atomic E-state index is 0.431. The smallest absolute Gasteiger partial charge is 0.288 e. The fourth-order valence-electron chi connectivity index (χ4n) is 1.06. The van der Waals surface area contributed by atoms with Crippen molar-refractivity contribution in [2.45, 2.75) is 0 Å². The van der Waals surface area contributed by atoms with Gasteiger partial charge in [-0.2, -0.15) is 0 Å². The standard InChI is InChI=1S/C13H20N2O/c1-5-9-14-13(16-12-8-4)15(10-6-2)11-7-3/h5-8H,1-4,9-12H2. The third-order valence-electron chi connectivity index (χ3n) is 1.66. The molecule has 0 bridgehead atoms. The van der Waals surface area contributed by atoms with Gasteiger partial charge in [0, 0.05) is 13.1 Å². The van der Waals surface area contributed by atoms with Gasteiger partial charge in [0.25, 0.3) is 6.02 Å². The Morgan fingerprint density at radius 1 is 1.00 bits per heavy atom. The molecule has 16 heavy (non-hydrogen) atoms. The van der Waals surface area contributed by atoms with Gasteiger partial charge in [0.1, 0.15) is 6.61 Å². The molecule has 0 N–H and O–H groups in total. The lowest BCUT2D eigenvalue weighted by Crippen LogP contribution is -2.33. The van der Waals surface area contributed by atoms with E-state index in [1.807, 2.05) is 4.90 Å². The Bertz CT molecular complexity index is 259. The Balaban J connectivity index is 4.62. The molecule has 0 spiro atoms. The monoisotopic (exact) mass is 220 g/mol. The maximum absolute atomic E-state index is 5.48. The number of ether oxygens (including phenoxy) is 1.